The average Bonchev–Trinajstić information content (AvgIpc) is 2.60. The first kappa shape index (κ1) is 18.3. The number of nitrogens with one attached hydrogen (secondary N) is 1. The number of nitrogens with zero attached hydrogens (tertiary/aromatic N) is 2. The predicted molar refractivity (Wildman–Crippen MR) is 100 cm³/mol. The summed E-state index contributed by atoms with van der Waals surface area (Å²) in [5.74, 6) is 0.226. The summed E-state index contributed by atoms with van der Waals surface area (Å²) in [6.45, 7) is 1.38. The highest BCUT2D eigenvalue weighted by molar-refractivity contribution is 6.01. The molecule has 6 nitrogen and oxygen atoms in total. The van der Waals surface area contributed by atoms with Crippen LogP contribution in [0, 0.1) is 0 Å². The molecule has 0 aliphatic rings. The van der Waals surface area contributed by atoms with Crippen molar-refractivity contribution in [3.05, 3.63) is 48.5 Å². The van der Waals surface area contributed by atoms with Crippen LogP contribution in [0.3, 0.4) is 0 Å². The van der Waals surface area contributed by atoms with Gasteiger partial charge in [-0.1, -0.05) is 0 Å². The molecule has 0 aliphatic carbocycles. The monoisotopic (exact) mass is 341 g/mol. The van der Waals surface area contributed by atoms with Gasteiger partial charge >= 0.3 is 0 Å². The summed E-state index contributed by atoms with van der Waals surface area (Å²) in [4.78, 5) is 27.6. The Balaban J connectivity index is 2.05. The molecular weight excluding hydrogens is 318 g/mol. The Bertz CT molecular complexity index is 725. The molecule has 0 spiro atoms. The van der Waals surface area contributed by atoms with Crippen LogP contribution >= 0.6 is 0 Å². The van der Waals surface area contributed by atoms with Gasteiger partial charge in [0.1, 0.15) is 12.3 Å². The number of benzene rings is 2. The van der Waals surface area contributed by atoms with Gasteiger partial charge in [-0.2, -0.15) is 0 Å². The minimum atomic E-state index is -0.261. The Hall–Kier alpha value is -3.02. The van der Waals surface area contributed by atoms with Crippen LogP contribution in [0.15, 0.2) is 48.5 Å². The van der Waals surface area contributed by atoms with Gasteiger partial charge < -0.3 is 19.9 Å². The van der Waals surface area contributed by atoms with E-state index in [0.29, 0.717) is 17.1 Å². The fraction of sp³-hybridized carbons (Fsp3) is 0.263. The maximum Gasteiger partial charge on any atom is 0.244 e. The minimum Gasteiger partial charge on any atom is -0.497 e. The lowest BCUT2D eigenvalue weighted by molar-refractivity contribution is -0.120. The number of methoxy groups -OCH3 is 1. The van der Waals surface area contributed by atoms with E-state index in [4.69, 9.17) is 4.74 Å². The van der Waals surface area contributed by atoms with E-state index >= 15 is 0 Å². The third kappa shape index (κ3) is 4.97. The van der Waals surface area contributed by atoms with Gasteiger partial charge in [0.2, 0.25) is 11.8 Å². The highest BCUT2D eigenvalue weighted by Crippen LogP contribution is 2.20. The number of carbonyl (C=O) groups is 2. The molecule has 0 aromatic heterocycles. The fourth-order valence-electron chi connectivity index (χ4n) is 2.33. The number of carbonyl (C=O) groups excluding carboxylic acids is 2. The minimum absolute atomic E-state index is 0.0584. The zero-order valence-electron chi connectivity index (χ0n) is 14.9. The molecule has 2 amide bonds. The maximum absolute atomic E-state index is 12.3. The number of anilines is 3. The van der Waals surface area contributed by atoms with Crippen molar-refractivity contribution in [1.82, 2.24) is 0 Å². The molecule has 132 valence electrons. The van der Waals surface area contributed by atoms with Crippen molar-refractivity contribution in [3.8, 4) is 5.75 Å². The standard InChI is InChI=1S/C19H23N3O3/c1-14(23)22(17-9-11-18(25-4)12-10-17)13-19(24)20-15-5-7-16(8-6-15)21(2)3/h5-12H,13H2,1-4H3,(H,20,24). The SMILES string of the molecule is COc1ccc(N(CC(=O)Nc2ccc(N(C)C)cc2)C(C)=O)cc1. The van der Waals surface area contributed by atoms with E-state index in [1.807, 2.05) is 43.3 Å². The highest BCUT2D eigenvalue weighted by atomic mass is 16.5. The first-order valence-corrected chi connectivity index (χ1v) is 7.90. The van der Waals surface area contributed by atoms with Gasteiger partial charge in [0.25, 0.3) is 0 Å². The van der Waals surface area contributed by atoms with Gasteiger partial charge in [0, 0.05) is 38.1 Å². The topological polar surface area (TPSA) is 61.9 Å². The Morgan fingerprint density at radius 1 is 0.960 bits per heavy atom. The Morgan fingerprint density at radius 3 is 2.00 bits per heavy atom. The summed E-state index contributed by atoms with van der Waals surface area (Å²) in [7, 11) is 5.48. The second kappa shape index (κ2) is 8.19. The molecule has 0 saturated heterocycles. The van der Waals surface area contributed by atoms with E-state index in [0.717, 1.165) is 5.69 Å². The zero-order valence-corrected chi connectivity index (χ0v) is 14.9. The quantitative estimate of drug-likeness (QED) is 0.878. The molecule has 0 saturated carbocycles. The predicted octanol–water partition coefficient (Wildman–Crippen LogP) is 2.75. The molecule has 2 rings (SSSR count). The number of amides is 2. The summed E-state index contributed by atoms with van der Waals surface area (Å²) in [6, 6.07) is 14.5. The molecule has 0 aliphatic heterocycles. The van der Waals surface area contributed by atoms with E-state index in [-0.39, 0.29) is 18.4 Å². The van der Waals surface area contributed by atoms with Crippen molar-refractivity contribution in [2.75, 3.05) is 42.9 Å². The number of hydrogen-bond acceptors (Lipinski definition) is 4. The van der Waals surface area contributed by atoms with Crippen molar-refractivity contribution < 1.29 is 14.3 Å². The first-order chi connectivity index (χ1) is 11.9. The van der Waals surface area contributed by atoms with Crippen LogP contribution in [-0.2, 0) is 9.59 Å². The van der Waals surface area contributed by atoms with Gasteiger partial charge in [0.15, 0.2) is 0 Å². The van der Waals surface area contributed by atoms with Crippen molar-refractivity contribution in [1.29, 1.82) is 0 Å². The van der Waals surface area contributed by atoms with Gasteiger partial charge in [0.05, 0.1) is 7.11 Å². The molecule has 2 aromatic carbocycles. The average molecular weight is 341 g/mol. The van der Waals surface area contributed by atoms with Crippen LogP contribution in [0.1, 0.15) is 6.92 Å². The van der Waals surface area contributed by atoms with Crippen LogP contribution in [0.2, 0.25) is 0 Å². The summed E-state index contributed by atoms with van der Waals surface area (Å²) < 4.78 is 5.11. The molecule has 25 heavy (non-hydrogen) atoms. The molecule has 0 fully saturated rings. The van der Waals surface area contributed by atoms with Crippen LogP contribution < -0.4 is 19.9 Å². The maximum atomic E-state index is 12.3. The lowest BCUT2D eigenvalue weighted by Gasteiger charge is -2.21. The molecule has 2 aromatic rings. The van der Waals surface area contributed by atoms with E-state index < -0.39 is 0 Å². The molecule has 0 radical (unpaired) electrons. The largest absolute Gasteiger partial charge is 0.497 e. The van der Waals surface area contributed by atoms with Crippen molar-refractivity contribution in [2.24, 2.45) is 0 Å². The third-order valence-corrected chi connectivity index (χ3v) is 3.73. The van der Waals surface area contributed by atoms with Crippen LogP contribution in [-0.4, -0.2) is 39.6 Å². The van der Waals surface area contributed by atoms with Crippen LogP contribution in [0.4, 0.5) is 17.1 Å². The van der Waals surface area contributed by atoms with E-state index in [9.17, 15) is 9.59 Å². The molecule has 0 unspecified atom stereocenters. The summed E-state index contributed by atoms with van der Waals surface area (Å²) in [5.41, 5.74) is 2.38. The van der Waals surface area contributed by atoms with Crippen molar-refractivity contribution in [2.45, 2.75) is 6.92 Å². The highest BCUT2D eigenvalue weighted by Gasteiger charge is 2.16. The summed E-state index contributed by atoms with van der Waals surface area (Å²) in [6.07, 6.45) is 0. The second-order valence-electron chi connectivity index (χ2n) is 5.79. The van der Waals surface area contributed by atoms with Crippen molar-refractivity contribution in [3.63, 3.8) is 0 Å². The number of rotatable bonds is 6. The third-order valence-electron chi connectivity index (χ3n) is 3.73. The van der Waals surface area contributed by atoms with Crippen molar-refractivity contribution >= 4 is 28.9 Å². The van der Waals surface area contributed by atoms with Gasteiger partial charge in [-0.25, -0.2) is 0 Å². The molecule has 0 heterocycles. The Morgan fingerprint density at radius 2 is 1.52 bits per heavy atom. The van der Waals surface area contributed by atoms with Gasteiger partial charge in [-0.05, 0) is 48.5 Å². The lowest BCUT2D eigenvalue weighted by atomic mass is 10.2. The zero-order chi connectivity index (χ0) is 18.4. The smallest absolute Gasteiger partial charge is 0.244 e. The fourth-order valence-corrected chi connectivity index (χ4v) is 2.33. The summed E-state index contributed by atoms with van der Waals surface area (Å²) in [5, 5.41) is 2.81. The Labute approximate surface area is 148 Å². The molecule has 0 bridgehead atoms. The van der Waals surface area contributed by atoms with E-state index in [2.05, 4.69) is 5.32 Å². The van der Waals surface area contributed by atoms with Gasteiger partial charge in [-0.15, -0.1) is 0 Å². The Kier molecular flexibility index (Phi) is 6.00. The first-order valence-electron chi connectivity index (χ1n) is 7.90. The molecule has 1 N–H and O–H groups in total. The van der Waals surface area contributed by atoms with Crippen LogP contribution in [0.25, 0.3) is 0 Å². The van der Waals surface area contributed by atoms with Crippen LogP contribution in [0.5, 0.6) is 5.75 Å². The second-order valence-corrected chi connectivity index (χ2v) is 5.79. The molecule has 0 atom stereocenters. The molecular formula is C19H23N3O3. The molecule has 6 heteroatoms. The number of ether oxygens (including phenoxy) is 1. The van der Waals surface area contributed by atoms with E-state index in [1.54, 1.807) is 31.4 Å². The summed E-state index contributed by atoms with van der Waals surface area (Å²) >= 11 is 0. The lowest BCUT2D eigenvalue weighted by Crippen LogP contribution is -2.36. The van der Waals surface area contributed by atoms with Gasteiger partial charge in [-0.3, -0.25) is 9.59 Å². The van der Waals surface area contributed by atoms with E-state index in [1.165, 1.54) is 11.8 Å². The number of hydrogen-bond donors (Lipinski definition) is 1. The normalized spacial score (nSPS) is 10.1.